The molecule has 28 heavy (non-hydrogen) atoms. The lowest BCUT2D eigenvalue weighted by Gasteiger charge is -2.06. The fourth-order valence-electron chi connectivity index (χ4n) is 3.34. The number of nitrogens with one attached hydrogen (secondary N) is 2. The maximum absolute atomic E-state index is 11.8. The quantitative estimate of drug-likeness (QED) is 0.400. The van der Waals surface area contributed by atoms with Gasteiger partial charge in [-0.3, -0.25) is 10.1 Å². The van der Waals surface area contributed by atoms with Gasteiger partial charge in [-0.1, -0.05) is 24.3 Å². The number of carbonyl (C=O) groups is 2. The Balaban J connectivity index is 1.54. The molecule has 1 saturated heterocycles. The smallest absolute Gasteiger partial charge is 0.338 e. The molecular weight excluding hydrogens is 374 g/mol. The van der Waals surface area contributed by atoms with E-state index in [1.54, 1.807) is 12.1 Å². The van der Waals surface area contributed by atoms with Crippen molar-refractivity contribution >= 4 is 46.2 Å². The average Bonchev–Trinajstić information content (AvgIpc) is 3.22. The largest absolute Gasteiger partial charge is 0.457 e. The van der Waals surface area contributed by atoms with Crippen LogP contribution in [0.2, 0.25) is 0 Å². The lowest BCUT2D eigenvalue weighted by atomic mass is 9.99. The van der Waals surface area contributed by atoms with Crippen molar-refractivity contribution in [3.63, 3.8) is 0 Å². The van der Waals surface area contributed by atoms with Gasteiger partial charge < -0.3 is 10.1 Å². The van der Waals surface area contributed by atoms with Crippen LogP contribution in [0.3, 0.4) is 0 Å². The van der Waals surface area contributed by atoms with Gasteiger partial charge in [0.1, 0.15) is 12.3 Å². The summed E-state index contributed by atoms with van der Waals surface area (Å²) in [6.45, 7) is 0.308. The highest BCUT2D eigenvalue weighted by atomic mass is 32.1. The maximum Gasteiger partial charge on any atom is 0.338 e. The van der Waals surface area contributed by atoms with Gasteiger partial charge in [-0.2, -0.15) is 0 Å². The Morgan fingerprint density at radius 1 is 1.00 bits per heavy atom. The highest BCUT2D eigenvalue weighted by Crippen LogP contribution is 2.29. The van der Waals surface area contributed by atoms with E-state index in [2.05, 4.69) is 15.6 Å². The van der Waals surface area contributed by atoms with Gasteiger partial charge in [-0.05, 0) is 53.7 Å². The van der Waals surface area contributed by atoms with E-state index < -0.39 is 0 Å². The summed E-state index contributed by atoms with van der Waals surface area (Å²) in [5, 5.41) is 6.63. The summed E-state index contributed by atoms with van der Waals surface area (Å²) in [6.07, 6.45) is 1.67. The van der Waals surface area contributed by atoms with Crippen molar-refractivity contribution < 1.29 is 14.3 Å². The molecule has 2 aliphatic rings. The lowest BCUT2D eigenvalue weighted by Crippen LogP contribution is -2.21. The molecule has 0 spiro atoms. The molecule has 2 aromatic carbocycles. The zero-order valence-corrected chi connectivity index (χ0v) is 15.3. The number of benzene rings is 2. The number of thiocarbonyl (C=S) groups is 1. The molecule has 0 radical (unpaired) electrons. The molecule has 7 heteroatoms. The number of ether oxygens (including phenoxy) is 1. The molecular formula is C21H13N3O3S. The molecule has 1 amide bonds. The number of amides is 1. The first-order chi connectivity index (χ1) is 13.6. The highest BCUT2D eigenvalue weighted by molar-refractivity contribution is 7.80. The van der Waals surface area contributed by atoms with E-state index >= 15 is 0 Å². The van der Waals surface area contributed by atoms with Crippen LogP contribution in [0.25, 0.3) is 28.1 Å². The first kappa shape index (κ1) is 16.6. The van der Waals surface area contributed by atoms with Crippen LogP contribution in [0, 0.1) is 0 Å². The molecule has 0 unspecified atom stereocenters. The molecule has 2 N–H and O–H groups in total. The topological polar surface area (TPSA) is 80.3 Å². The van der Waals surface area contributed by atoms with Gasteiger partial charge in [-0.15, -0.1) is 0 Å². The zero-order chi connectivity index (χ0) is 19.3. The van der Waals surface area contributed by atoms with Crippen molar-refractivity contribution in [2.24, 2.45) is 0 Å². The van der Waals surface area contributed by atoms with Crippen LogP contribution in [0.15, 0.2) is 54.2 Å². The van der Waals surface area contributed by atoms with Crippen molar-refractivity contribution in [3.8, 4) is 11.1 Å². The van der Waals surface area contributed by atoms with Crippen molar-refractivity contribution in [3.05, 3.63) is 71.0 Å². The van der Waals surface area contributed by atoms with Crippen molar-refractivity contribution in [1.29, 1.82) is 0 Å². The molecule has 6 nitrogen and oxygen atoms in total. The normalized spacial score (nSPS) is 16.9. The van der Waals surface area contributed by atoms with Gasteiger partial charge in [0.2, 0.25) is 0 Å². The number of cyclic esters (lactones) is 1. The number of fused-ring (bicyclic) bond motifs is 2. The third-order valence-electron chi connectivity index (χ3n) is 4.74. The molecule has 3 heterocycles. The molecule has 1 aromatic heterocycles. The van der Waals surface area contributed by atoms with Gasteiger partial charge >= 0.3 is 5.97 Å². The number of nitrogens with zero attached hydrogens (tertiary/aromatic N) is 1. The first-order valence-corrected chi connectivity index (χ1v) is 9.03. The minimum Gasteiger partial charge on any atom is -0.457 e. The van der Waals surface area contributed by atoms with Crippen LogP contribution in [0.1, 0.15) is 21.6 Å². The Hall–Kier alpha value is -3.58. The molecule has 3 aromatic rings. The zero-order valence-electron chi connectivity index (χ0n) is 14.5. The monoisotopic (exact) mass is 387 g/mol. The molecule has 136 valence electrons. The van der Waals surface area contributed by atoms with Crippen molar-refractivity contribution in [2.75, 3.05) is 0 Å². The van der Waals surface area contributed by atoms with E-state index in [-0.39, 0.29) is 11.9 Å². The Morgan fingerprint density at radius 2 is 1.79 bits per heavy atom. The number of hydrogen-bond acceptors (Lipinski definition) is 5. The highest BCUT2D eigenvalue weighted by Gasteiger charge is 2.21. The second-order valence-corrected chi connectivity index (χ2v) is 6.97. The number of aromatic nitrogens is 1. The minimum absolute atomic E-state index is 0.268. The molecule has 5 rings (SSSR count). The second-order valence-electron chi connectivity index (χ2n) is 6.56. The van der Waals surface area contributed by atoms with E-state index in [1.807, 2.05) is 42.5 Å². The maximum atomic E-state index is 11.8. The van der Waals surface area contributed by atoms with Gasteiger partial charge in [0.05, 0.1) is 16.8 Å². The Bertz CT molecular complexity index is 1230. The Labute approximate surface area is 165 Å². The number of pyridine rings is 1. The summed E-state index contributed by atoms with van der Waals surface area (Å²) in [4.78, 5) is 28.1. The van der Waals surface area contributed by atoms with Crippen LogP contribution < -0.4 is 10.6 Å². The van der Waals surface area contributed by atoms with Crippen LogP contribution in [-0.4, -0.2) is 22.0 Å². The van der Waals surface area contributed by atoms with Crippen molar-refractivity contribution in [1.82, 2.24) is 15.6 Å². The van der Waals surface area contributed by atoms with Crippen LogP contribution in [0.5, 0.6) is 0 Å². The molecule has 2 aliphatic heterocycles. The van der Waals surface area contributed by atoms with E-state index in [0.717, 1.165) is 27.6 Å². The summed E-state index contributed by atoms with van der Waals surface area (Å²) >= 11 is 4.94. The Morgan fingerprint density at radius 3 is 2.61 bits per heavy atom. The third-order valence-corrected chi connectivity index (χ3v) is 4.95. The molecule has 0 saturated carbocycles. The average molecular weight is 387 g/mol. The molecule has 1 fully saturated rings. The van der Waals surface area contributed by atoms with E-state index in [0.29, 0.717) is 28.7 Å². The predicted molar refractivity (Wildman–Crippen MR) is 108 cm³/mol. The molecule has 0 aliphatic carbocycles. The molecule has 0 bridgehead atoms. The second kappa shape index (κ2) is 6.24. The predicted octanol–water partition coefficient (Wildman–Crippen LogP) is 2.92. The number of carbonyl (C=O) groups excluding carboxylic acids is 2. The summed E-state index contributed by atoms with van der Waals surface area (Å²) < 4.78 is 5.07. The van der Waals surface area contributed by atoms with Gasteiger partial charge in [0.15, 0.2) is 5.11 Å². The van der Waals surface area contributed by atoms with Gasteiger partial charge in [0.25, 0.3) is 5.91 Å². The number of esters is 1. The minimum atomic E-state index is -0.275. The fourth-order valence-corrected chi connectivity index (χ4v) is 3.54. The first-order valence-electron chi connectivity index (χ1n) is 8.62. The Kier molecular flexibility index (Phi) is 3.70. The van der Waals surface area contributed by atoms with Crippen molar-refractivity contribution in [2.45, 2.75) is 6.61 Å². The summed E-state index contributed by atoms with van der Waals surface area (Å²) in [7, 11) is 0. The summed E-state index contributed by atoms with van der Waals surface area (Å²) in [5.74, 6) is -0.543. The lowest BCUT2D eigenvalue weighted by molar-refractivity contribution is -0.115. The van der Waals surface area contributed by atoms with Gasteiger partial charge in [0, 0.05) is 10.9 Å². The number of rotatable bonds is 2. The van der Waals surface area contributed by atoms with Crippen LogP contribution in [0.4, 0.5) is 0 Å². The van der Waals surface area contributed by atoms with Crippen LogP contribution in [-0.2, 0) is 16.1 Å². The third kappa shape index (κ3) is 2.82. The van der Waals surface area contributed by atoms with E-state index in [1.165, 1.54) is 0 Å². The molecule has 0 atom stereocenters. The summed E-state index contributed by atoms with van der Waals surface area (Å²) in [6, 6.07) is 15.5. The summed E-state index contributed by atoms with van der Waals surface area (Å²) in [5.41, 5.74) is 5.33. The van der Waals surface area contributed by atoms with E-state index in [4.69, 9.17) is 17.0 Å². The fraction of sp³-hybridized carbons (Fsp3) is 0.0476. The van der Waals surface area contributed by atoms with Gasteiger partial charge in [-0.25, -0.2) is 9.78 Å². The van der Waals surface area contributed by atoms with Crippen LogP contribution >= 0.6 is 12.2 Å². The standard InChI is InChI=1S/C21H13N3O3S/c25-19-18(23-21(28)24-19)9-15-5-3-11-1-2-13(8-17(11)22-15)12-4-6-16-14(7-12)10-27-20(16)26/h1-9H,10H2,(H2,23,24,25,28)/b18-9-. The van der Waals surface area contributed by atoms with E-state index in [9.17, 15) is 9.59 Å². The SMILES string of the molecule is O=C1NC(=S)N/C1=C\c1ccc2ccc(-c3ccc4c(c3)COC4=O)cc2n1. The number of hydrogen-bond donors (Lipinski definition) is 2.